The Morgan fingerprint density at radius 3 is 2.57 bits per heavy atom. The first kappa shape index (κ1) is 15.3. The molecule has 0 spiro atoms. The molecule has 0 saturated heterocycles. The summed E-state index contributed by atoms with van der Waals surface area (Å²) in [6, 6.07) is 8.73. The Morgan fingerprint density at radius 2 is 1.90 bits per heavy atom. The molecule has 106 valence electrons. The van der Waals surface area contributed by atoms with Gasteiger partial charge in [0.05, 0.1) is 16.6 Å². The van der Waals surface area contributed by atoms with Gasteiger partial charge < -0.3 is 18.9 Å². The number of benzene rings is 1. The first-order chi connectivity index (χ1) is 9.63. The van der Waals surface area contributed by atoms with Crippen LogP contribution in [0, 0.1) is 0 Å². The van der Waals surface area contributed by atoms with Crippen LogP contribution >= 0.6 is 0 Å². The van der Waals surface area contributed by atoms with Crippen molar-refractivity contribution < 1.29 is 8.42 Å². The number of aromatic amines is 1. The van der Waals surface area contributed by atoms with E-state index in [0.717, 1.165) is 22.2 Å². The molecule has 0 saturated carbocycles. The summed E-state index contributed by atoms with van der Waals surface area (Å²) in [7, 11) is -2.33. The van der Waals surface area contributed by atoms with Gasteiger partial charge in [0.1, 0.15) is 0 Å². The van der Waals surface area contributed by atoms with E-state index in [1.807, 2.05) is 6.07 Å². The van der Waals surface area contributed by atoms with Gasteiger partial charge >= 0.3 is 17.4 Å². The van der Waals surface area contributed by atoms with Crippen LogP contribution in [-0.4, -0.2) is 32.5 Å². The second kappa shape index (κ2) is 6.14. The molecule has 3 rings (SSSR count). The van der Waals surface area contributed by atoms with Crippen molar-refractivity contribution in [2.24, 2.45) is 0 Å². The summed E-state index contributed by atoms with van der Waals surface area (Å²) >= 11 is 0. The zero-order valence-electron chi connectivity index (χ0n) is 11.2. The van der Waals surface area contributed by atoms with Crippen LogP contribution < -0.4 is 10.5 Å². The molecule has 0 aliphatic rings. The van der Waals surface area contributed by atoms with Crippen molar-refractivity contribution in [2.45, 2.75) is 0 Å². The average Bonchev–Trinajstić information content (AvgIpc) is 2.80. The summed E-state index contributed by atoms with van der Waals surface area (Å²) in [5.74, 6) is 0.413. The van der Waals surface area contributed by atoms with Crippen molar-refractivity contribution in [2.75, 3.05) is 10.5 Å². The number of nitrogens with zero attached hydrogens (tertiary/aromatic N) is 2. The first-order valence-corrected chi connectivity index (χ1v) is 6.77. The number of H-pyrrole nitrogens is 1. The average molecular weight is 317 g/mol. The number of fused-ring (bicyclic) bond motifs is 1. The van der Waals surface area contributed by atoms with E-state index in [1.165, 1.54) is 0 Å². The molecule has 0 bridgehead atoms. The number of rotatable bonds is 3. The number of nitrogen functional groups attached to an aromatic ring is 1. The molecule has 0 atom stereocenters. The molecule has 0 unspecified atom stereocenters. The minimum absolute atomic E-state index is 0. The van der Waals surface area contributed by atoms with Gasteiger partial charge in [0, 0.05) is 28.3 Å². The van der Waals surface area contributed by atoms with E-state index in [2.05, 4.69) is 19.9 Å². The predicted molar refractivity (Wildman–Crippen MR) is 84.6 cm³/mol. The molecular formula is C12H12AlN5O2S. The molecule has 7 nitrogen and oxygen atoms in total. The number of nitrogens with two attached hydrogens (primary N) is 1. The van der Waals surface area contributed by atoms with Crippen molar-refractivity contribution in [3.63, 3.8) is 0 Å². The predicted octanol–water partition coefficient (Wildman–Crippen LogP) is 0.927. The molecule has 0 amide bonds. The van der Waals surface area contributed by atoms with Gasteiger partial charge in [0.2, 0.25) is 0 Å². The van der Waals surface area contributed by atoms with Gasteiger partial charge in [-0.05, 0) is 18.2 Å². The van der Waals surface area contributed by atoms with Gasteiger partial charge in [-0.3, -0.25) is 10.1 Å². The van der Waals surface area contributed by atoms with Gasteiger partial charge in [-0.1, -0.05) is 12.1 Å². The molecule has 2 heterocycles. The SMILES string of the molecule is Nc1n[nH]c2cc(-c3ccc(N[S-](=O)=O)cc3)ncc12.[AlH2+]. The number of aromatic nitrogens is 3. The number of hydrogen-bond acceptors (Lipinski definition) is 6. The van der Waals surface area contributed by atoms with E-state index in [0.29, 0.717) is 11.5 Å². The Kier molecular flexibility index (Phi) is 4.47. The standard InChI is InChI=1S/C12H10N5O2S.Al.2H/c13-12-9-6-14-10(5-11(9)15-16-12)7-1-3-8(4-2-7)17-20(18)19;;;/h1-6H,(H3,13,15,16)(H,17,18,19);;;/q-1;+1;;. The van der Waals surface area contributed by atoms with Crippen LogP contribution in [0.4, 0.5) is 11.5 Å². The molecule has 2 aromatic heterocycles. The van der Waals surface area contributed by atoms with Gasteiger partial charge in [-0.15, -0.1) is 0 Å². The Hall–Kier alpha value is -2.08. The summed E-state index contributed by atoms with van der Waals surface area (Å²) in [5, 5.41) is 7.51. The molecule has 21 heavy (non-hydrogen) atoms. The van der Waals surface area contributed by atoms with E-state index in [-0.39, 0.29) is 17.4 Å². The topological polar surface area (TPSA) is 114 Å². The van der Waals surface area contributed by atoms with Gasteiger partial charge in [-0.2, -0.15) is 5.10 Å². The Labute approximate surface area is 132 Å². The van der Waals surface area contributed by atoms with Crippen molar-refractivity contribution in [1.82, 2.24) is 15.2 Å². The third kappa shape index (κ3) is 3.16. The molecule has 0 aliphatic heterocycles. The summed E-state index contributed by atoms with van der Waals surface area (Å²) in [6.07, 6.45) is 1.66. The molecule has 0 aliphatic carbocycles. The summed E-state index contributed by atoms with van der Waals surface area (Å²) in [6.45, 7) is 0. The third-order valence-corrected chi connectivity index (χ3v) is 3.26. The van der Waals surface area contributed by atoms with Crippen molar-refractivity contribution in [3.05, 3.63) is 36.5 Å². The fourth-order valence-corrected chi connectivity index (χ4v) is 2.22. The summed E-state index contributed by atoms with van der Waals surface area (Å²) in [4.78, 5) is 4.32. The molecule has 3 aromatic rings. The minimum atomic E-state index is -2.33. The van der Waals surface area contributed by atoms with Crippen LogP contribution in [0.25, 0.3) is 22.2 Å². The van der Waals surface area contributed by atoms with E-state index in [9.17, 15) is 8.42 Å². The number of hydrogen-bond donors (Lipinski definition) is 3. The van der Waals surface area contributed by atoms with Crippen LogP contribution in [0.3, 0.4) is 0 Å². The maximum absolute atomic E-state index is 10.5. The molecule has 0 radical (unpaired) electrons. The normalized spacial score (nSPS) is 10.5. The van der Waals surface area contributed by atoms with Crippen LogP contribution in [0.15, 0.2) is 36.5 Å². The van der Waals surface area contributed by atoms with E-state index < -0.39 is 10.9 Å². The second-order valence-corrected chi connectivity index (χ2v) is 4.81. The van der Waals surface area contributed by atoms with Crippen LogP contribution in [0.5, 0.6) is 0 Å². The molecule has 4 N–H and O–H groups in total. The number of nitrogens with one attached hydrogen (secondary N) is 2. The van der Waals surface area contributed by atoms with Crippen molar-refractivity contribution >= 4 is 50.7 Å². The van der Waals surface area contributed by atoms with Crippen LogP contribution in [-0.2, 0) is 19.3 Å². The third-order valence-electron chi connectivity index (χ3n) is 2.86. The number of pyridine rings is 1. The Bertz CT molecular complexity index is 836. The Morgan fingerprint density at radius 1 is 1.19 bits per heavy atom. The fraction of sp³-hybridized carbons (Fsp3) is 0. The monoisotopic (exact) mass is 317 g/mol. The maximum atomic E-state index is 10.5. The van der Waals surface area contributed by atoms with Crippen LogP contribution in [0.2, 0.25) is 0 Å². The summed E-state index contributed by atoms with van der Waals surface area (Å²) < 4.78 is 23.3. The van der Waals surface area contributed by atoms with Crippen LogP contribution in [0.1, 0.15) is 0 Å². The molecule has 9 heteroatoms. The zero-order chi connectivity index (χ0) is 14.1. The fourth-order valence-electron chi connectivity index (χ4n) is 1.90. The first-order valence-electron chi connectivity index (χ1n) is 5.69. The van der Waals surface area contributed by atoms with Crippen molar-refractivity contribution in [3.8, 4) is 11.3 Å². The molecular weight excluding hydrogens is 305 g/mol. The number of anilines is 2. The second-order valence-electron chi connectivity index (χ2n) is 4.14. The van der Waals surface area contributed by atoms with Crippen molar-refractivity contribution in [1.29, 1.82) is 0 Å². The molecule has 0 fully saturated rings. The Balaban J connectivity index is 0.00000161. The van der Waals surface area contributed by atoms with Gasteiger partial charge in [0.15, 0.2) is 5.82 Å². The van der Waals surface area contributed by atoms with Gasteiger partial charge in [0.25, 0.3) is 0 Å². The van der Waals surface area contributed by atoms with E-state index in [1.54, 1.807) is 30.5 Å². The zero-order valence-corrected chi connectivity index (χ0v) is 14.0. The summed E-state index contributed by atoms with van der Waals surface area (Å²) in [5.41, 5.74) is 8.59. The van der Waals surface area contributed by atoms with E-state index in [4.69, 9.17) is 5.73 Å². The quantitative estimate of drug-likeness (QED) is 0.491. The molecule has 1 aromatic carbocycles. The van der Waals surface area contributed by atoms with Gasteiger partial charge in [-0.25, -0.2) is 0 Å². The van der Waals surface area contributed by atoms with E-state index >= 15 is 0 Å².